The molecule has 7 nitrogen and oxygen atoms in total. The molecular weight excluding hydrogens is 446 g/mol. The zero-order valence-corrected chi connectivity index (χ0v) is 20.3. The molecule has 7 heteroatoms. The van der Waals surface area contributed by atoms with Crippen molar-refractivity contribution in [3.05, 3.63) is 71.8 Å². The maximum Gasteiger partial charge on any atom is 0.306 e. The molecule has 190 valence electrons. The van der Waals surface area contributed by atoms with Gasteiger partial charge in [0.15, 0.2) is 12.6 Å². The van der Waals surface area contributed by atoms with Gasteiger partial charge in [-0.15, -0.1) is 0 Å². The van der Waals surface area contributed by atoms with E-state index in [2.05, 4.69) is 30.3 Å². The second-order valence-electron chi connectivity index (χ2n) is 9.29. The van der Waals surface area contributed by atoms with Crippen LogP contribution in [0, 0.1) is 0 Å². The molecule has 2 N–H and O–H groups in total. The maximum atomic E-state index is 12.6. The van der Waals surface area contributed by atoms with E-state index >= 15 is 0 Å². The summed E-state index contributed by atoms with van der Waals surface area (Å²) in [6, 6.07) is 20.3. The fourth-order valence-electron chi connectivity index (χ4n) is 4.73. The molecule has 4 rings (SSSR count). The predicted molar refractivity (Wildman–Crippen MR) is 131 cm³/mol. The number of hydrogen-bond donors (Lipinski definition) is 1. The molecule has 0 radical (unpaired) electrons. The van der Waals surface area contributed by atoms with Crippen LogP contribution in [0.3, 0.4) is 0 Å². The fraction of sp³-hybridized carbons (Fsp3) is 0.536. The van der Waals surface area contributed by atoms with Gasteiger partial charge in [-0.25, -0.2) is 5.90 Å². The van der Waals surface area contributed by atoms with Crippen molar-refractivity contribution >= 4 is 5.97 Å². The largest absolute Gasteiger partial charge is 0.459 e. The first-order chi connectivity index (χ1) is 17.2. The van der Waals surface area contributed by atoms with Gasteiger partial charge in [0.05, 0.1) is 6.61 Å². The highest BCUT2D eigenvalue weighted by Crippen LogP contribution is 2.35. The van der Waals surface area contributed by atoms with Crippen LogP contribution in [0.1, 0.15) is 68.8 Å². The molecule has 2 fully saturated rings. The molecule has 5 atom stereocenters. The van der Waals surface area contributed by atoms with Crippen molar-refractivity contribution < 1.29 is 28.6 Å². The molecule has 2 aromatic carbocycles. The Morgan fingerprint density at radius 1 is 0.886 bits per heavy atom. The monoisotopic (exact) mass is 483 g/mol. The van der Waals surface area contributed by atoms with Gasteiger partial charge in [-0.05, 0) is 24.8 Å². The third-order valence-corrected chi connectivity index (χ3v) is 6.62. The minimum absolute atomic E-state index is 0.221. The number of fused-ring (bicyclic) bond motifs is 1. The van der Waals surface area contributed by atoms with E-state index in [-0.39, 0.29) is 5.97 Å². The van der Waals surface area contributed by atoms with Crippen LogP contribution in [0.25, 0.3) is 0 Å². The van der Waals surface area contributed by atoms with E-state index in [1.54, 1.807) is 0 Å². The van der Waals surface area contributed by atoms with Gasteiger partial charge in [0.25, 0.3) is 0 Å². The average Bonchev–Trinajstić information content (AvgIpc) is 2.91. The number of ether oxygens (including phenoxy) is 4. The van der Waals surface area contributed by atoms with Gasteiger partial charge in [0.2, 0.25) is 0 Å². The van der Waals surface area contributed by atoms with Gasteiger partial charge >= 0.3 is 5.97 Å². The van der Waals surface area contributed by atoms with E-state index in [0.29, 0.717) is 19.4 Å². The van der Waals surface area contributed by atoms with Crippen molar-refractivity contribution in [2.24, 2.45) is 5.90 Å². The lowest BCUT2D eigenvalue weighted by Crippen LogP contribution is -2.56. The second-order valence-corrected chi connectivity index (χ2v) is 9.29. The molecule has 2 aliphatic rings. The van der Waals surface area contributed by atoms with E-state index in [1.165, 1.54) is 24.8 Å². The van der Waals surface area contributed by atoms with Crippen molar-refractivity contribution in [1.29, 1.82) is 0 Å². The topological polar surface area (TPSA) is 89.2 Å². The van der Waals surface area contributed by atoms with Crippen molar-refractivity contribution in [1.82, 2.24) is 0 Å². The number of nitrogens with two attached hydrogens (primary N) is 1. The van der Waals surface area contributed by atoms with Crippen LogP contribution in [0.5, 0.6) is 0 Å². The summed E-state index contributed by atoms with van der Waals surface area (Å²) in [6.45, 7) is 0.308. The Morgan fingerprint density at radius 3 is 2.31 bits per heavy atom. The number of carbonyl (C=O) groups excluding carboxylic acids is 1. The Balaban J connectivity index is 1.17. The van der Waals surface area contributed by atoms with Crippen molar-refractivity contribution in [2.45, 2.75) is 88.7 Å². The Bertz CT molecular complexity index is 880. The molecule has 0 aromatic heterocycles. The fourth-order valence-corrected chi connectivity index (χ4v) is 4.73. The molecule has 0 saturated carbocycles. The molecule has 0 aliphatic carbocycles. The van der Waals surface area contributed by atoms with Gasteiger partial charge in [-0.2, -0.15) is 0 Å². The molecule has 2 aromatic rings. The molecule has 35 heavy (non-hydrogen) atoms. The number of unbranched alkanes of at least 4 members (excludes halogenated alkanes) is 5. The zero-order valence-electron chi connectivity index (χ0n) is 20.3. The quantitative estimate of drug-likeness (QED) is 0.258. The van der Waals surface area contributed by atoms with Gasteiger partial charge in [-0.3, -0.25) is 9.63 Å². The normalized spacial score (nSPS) is 26.1. The maximum absolute atomic E-state index is 12.6. The Morgan fingerprint density at radius 2 is 1.57 bits per heavy atom. The van der Waals surface area contributed by atoms with Crippen molar-refractivity contribution in [3.63, 3.8) is 0 Å². The third-order valence-electron chi connectivity index (χ3n) is 6.62. The first-order valence-electron chi connectivity index (χ1n) is 12.8. The number of aryl methyl sites for hydroxylation is 1. The number of esters is 1. The van der Waals surface area contributed by atoms with Crippen LogP contribution in [-0.4, -0.2) is 37.2 Å². The molecule has 2 saturated heterocycles. The highest BCUT2D eigenvalue weighted by Gasteiger charge is 2.46. The molecular formula is C28H37NO6. The minimum atomic E-state index is -0.662. The van der Waals surface area contributed by atoms with Crippen LogP contribution in [0.2, 0.25) is 0 Å². The van der Waals surface area contributed by atoms with E-state index in [9.17, 15) is 4.79 Å². The lowest BCUT2D eigenvalue weighted by atomic mass is 10.00. The Hall–Kier alpha value is -2.29. The summed E-state index contributed by atoms with van der Waals surface area (Å²) in [5.41, 5.74) is 2.31. The summed E-state index contributed by atoms with van der Waals surface area (Å²) in [6.07, 6.45) is 5.90. The lowest BCUT2D eigenvalue weighted by molar-refractivity contribution is -0.339. The van der Waals surface area contributed by atoms with Gasteiger partial charge < -0.3 is 18.9 Å². The summed E-state index contributed by atoms with van der Waals surface area (Å²) in [7, 11) is 0. The van der Waals surface area contributed by atoms with Crippen LogP contribution in [0.4, 0.5) is 0 Å². The number of benzene rings is 2. The number of hydrogen-bond acceptors (Lipinski definition) is 7. The Labute approximate surface area is 207 Å². The molecule has 0 spiro atoms. The van der Waals surface area contributed by atoms with E-state index in [0.717, 1.165) is 31.2 Å². The summed E-state index contributed by atoms with van der Waals surface area (Å²) >= 11 is 0. The molecule has 2 heterocycles. The molecule has 0 amide bonds. The zero-order chi connectivity index (χ0) is 24.3. The van der Waals surface area contributed by atoms with Crippen molar-refractivity contribution in [3.8, 4) is 0 Å². The molecule has 2 aliphatic heterocycles. The second kappa shape index (κ2) is 13.7. The van der Waals surface area contributed by atoms with Crippen LogP contribution >= 0.6 is 0 Å². The van der Waals surface area contributed by atoms with Crippen LogP contribution < -0.4 is 5.90 Å². The van der Waals surface area contributed by atoms with Crippen LogP contribution in [0.15, 0.2) is 60.7 Å². The minimum Gasteiger partial charge on any atom is -0.459 e. The van der Waals surface area contributed by atoms with Crippen molar-refractivity contribution in [2.75, 3.05) is 6.61 Å². The first kappa shape index (κ1) is 25.8. The summed E-state index contributed by atoms with van der Waals surface area (Å²) in [5.74, 6) is 5.15. The Kier molecular flexibility index (Phi) is 10.1. The lowest BCUT2D eigenvalue weighted by Gasteiger charge is -2.44. The van der Waals surface area contributed by atoms with Gasteiger partial charge in [0.1, 0.15) is 18.3 Å². The highest BCUT2D eigenvalue weighted by atomic mass is 16.8. The number of rotatable bonds is 12. The number of carbonyl (C=O) groups is 1. The summed E-state index contributed by atoms with van der Waals surface area (Å²) in [4.78, 5) is 17.5. The SMILES string of the molecule is NO[C@@H]1C[C@@H](OC(=O)CCCCCCCCc2ccccc2)[C@@H]2OC(c3ccccc3)OC[C@H]2O1. The first-order valence-corrected chi connectivity index (χ1v) is 12.8. The standard InChI is InChI=1S/C28H37NO6/c29-35-26-19-23(27-24(33-26)20-31-28(34-27)22-16-10-6-11-17-22)32-25(30)18-12-4-2-1-3-7-13-21-14-8-5-9-15-21/h5-6,8-11,14-17,23-24,26-28H,1-4,7,12-13,18-20,29H2/t23-,24-,26-,27+,28?/m1/s1. The van der Waals surface area contributed by atoms with E-state index < -0.39 is 30.9 Å². The molecule has 0 bridgehead atoms. The predicted octanol–water partition coefficient (Wildman–Crippen LogP) is 4.99. The van der Waals surface area contributed by atoms with Gasteiger partial charge in [0, 0.05) is 18.4 Å². The van der Waals surface area contributed by atoms with E-state index in [4.69, 9.17) is 29.7 Å². The van der Waals surface area contributed by atoms with E-state index in [1.807, 2.05) is 30.3 Å². The summed E-state index contributed by atoms with van der Waals surface area (Å²) < 4.78 is 23.7. The van der Waals surface area contributed by atoms with Gasteiger partial charge in [-0.1, -0.05) is 86.3 Å². The highest BCUT2D eigenvalue weighted by molar-refractivity contribution is 5.69. The third kappa shape index (κ3) is 7.85. The molecule has 1 unspecified atom stereocenters. The van der Waals surface area contributed by atoms with Crippen LogP contribution in [-0.2, 0) is 35.0 Å². The smallest absolute Gasteiger partial charge is 0.306 e. The average molecular weight is 484 g/mol. The summed E-state index contributed by atoms with van der Waals surface area (Å²) in [5, 5.41) is 0.